The number of alkyl halides is 3. The Bertz CT molecular complexity index is 1720. The third-order valence-electron chi connectivity index (χ3n) is 7.47. The second-order valence-corrected chi connectivity index (χ2v) is 13.5. The first-order valence-corrected chi connectivity index (χ1v) is 15.3. The molecule has 236 valence electrons. The standard InChI is InChI=1S/C30H32F3N3O7S/c1-18-7-8-20(41-17-19-9-13-36(19)27(38)42-28(2,3)4)14-23(18)26(37)35-29(10-11-29)24-15-21(43-44(39,40)30(31,32)33)16-25-22(24)6-5-12-34-25/h5-8,12,14-16,19H,9-11,13,17H2,1-4H3,(H,35,37)/t19-/m0/s1. The maximum Gasteiger partial charge on any atom is 0.534 e. The Kier molecular flexibility index (Phi) is 7.93. The van der Waals surface area contributed by atoms with Gasteiger partial charge in [-0.2, -0.15) is 21.6 Å². The predicted octanol–water partition coefficient (Wildman–Crippen LogP) is 5.58. The molecule has 1 N–H and O–H groups in total. The number of aryl methyl sites for hydroxylation is 1. The Morgan fingerprint density at radius 3 is 2.43 bits per heavy atom. The van der Waals surface area contributed by atoms with E-state index in [-0.39, 0.29) is 18.2 Å². The molecule has 2 amide bonds. The highest BCUT2D eigenvalue weighted by Crippen LogP contribution is 2.49. The highest BCUT2D eigenvalue weighted by atomic mass is 32.2. The summed E-state index contributed by atoms with van der Waals surface area (Å²) < 4.78 is 78.3. The molecule has 1 saturated heterocycles. The average Bonchev–Trinajstić information content (AvgIpc) is 3.66. The molecule has 0 bridgehead atoms. The van der Waals surface area contributed by atoms with Crippen molar-refractivity contribution in [1.82, 2.24) is 15.2 Å². The van der Waals surface area contributed by atoms with Crippen LogP contribution < -0.4 is 14.2 Å². The van der Waals surface area contributed by atoms with Gasteiger partial charge in [0.15, 0.2) is 0 Å². The number of halogens is 3. The molecule has 44 heavy (non-hydrogen) atoms. The Morgan fingerprint density at radius 1 is 1.09 bits per heavy atom. The van der Waals surface area contributed by atoms with Crippen molar-refractivity contribution in [3.05, 3.63) is 65.4 Å². The van der Waals surface area contributed by atoms with Gasteiger partial charge in [-0.25, -0.2) is 4.79 Å². The lowest BCUT2D eigenvalue weighted by Crippen LogP contribution is -2.55. The quantitative estimate of drug-likeness (QED) is 0.251. The monoisotopic (exact) mass is 635 g/mol. The van der Waals surface area contributed by atoms with Crippen LogP contribution >= 0.6 is 0 Å². The van der Waals surface area contributed by atoms with Crippen molar-refractivity contribution in [3.63, 3.8) is 0 Å². The number of ether oxygens (including phenoxy) is 2. The second kappa shape index (κ2) is 11.1. The van der Waals surface area contributed by atoms with Gasteiger partial charge in [0.1, 0.15) is 23.7 Å². The summed E-state index contributed by atoms with van der Waals surface area (Å²) in [5.74, 6) is -0.591. The molecule has 0 radical (unpaired) electrons. The highest BCUT2D eigenvalue weighted by molar-refractivity contribution is 7.88. The molecular weight excluding hydrogens is 603 g/mol. The summed E-state index contributed by atoms with van der Waals surface area (Å²) in [6.45, 7) is 7.91. The van der Waals surface area contributed by atoms with E-state index in [1.54, 1.807) is 62.9 Å². The molecule has 0 spiro atoms. The van der Waals surface area contributed by atoms with Crippen LogP contribution in [0.3, 0.4) is 0 Å². The molecule has 10 nitrogen and oxygen atoms in total. The fraction of sp³-hybridized carbons (Fsp3) is 0.433. The van der Waals surface area contributed by atoms with Gasteiger partial charge < -0.3 is 23.9 Å². The molecule has 14 heteroatoms. The normalized spacial score (nSPS) is 17.9. The topological polar surface area (TPSA) is 124 Å². The molecule has 2 aliphatic rings. The van der Waals surface area contributed by atoms with Crippen molar-refractivity contribution in [3.8, 4) is 11.5 Å². The van der Waals surface area contributed by atoms with Gasteiger partial charge in [-0.05, 0) is 82.3 Å². The van der Waals surface area contributed by atoms with Gasteiger partial charge in [-0.3, -0.25) is 9.78 Å². The smallest absolute Gasteiger partial charge is 0.491 e. The number of carbonyl (C=O) groups excluding carboxylic acids is 2. The SMILES string of the molecule is Cc1ccc(OC[C@@H]2CCN2C(=O)OC(C)(C)C)cc1C(=O)NC1(c2cc(OS(=O)(=O)C(F)(F)F)cc3ncccc23)CC1. The summed E-state index contributed by atoms with van der Waals surface area (Å²) in [5, 5.41) is 3.53. The van der Waals surface area contributed by atoms with Crippen molar-refractivity contribution in [2.45, 2.75) is 69.6 Å². The van der Waals surface area contributed by atoms with Crippen LogP contribution in [0.5, 0.6) is 11.5 Å². The number of nitrogens with zero attached hydrogens (tertiary/aromatic N) is 2. The zero-order valence-corrected chi connectivity index (χ0v) is 25.3. The number of rotatable bonds is 8. The Hall–Kier alpha value is -4.07. The summed E-state index contributed by atoms with van der Waals surface area (Å²) in [5.41, 5.74) is -5.64. The lowest BCUT2D eigenvalue weighted by atomic mass is 9.97. The van der Waals surface area contributed by atoms with E-state index in [1.807, 2.05) is 0 Å². The maximum atomic E-state index is 13.6. The second-order valence-electron chi connectivity index (χ2n) is 12.0. The number of nitrogens with one attached hydrogen (secondary N) is 1. The van der Waals surface area contributed by atoms with Crippen LogP contribution in [-0.4, -0.2) is 60.6 Å². The average molecular weight is 636 g/mol. The van der Waals surface area contributed by atoms with Crippen molar-refractivity contribution < 1.29 is 44.8 Å². The highest BCUT2D eigenvalue weighted by Gasteiger charge is 2.50. The van der Waals surface area contributed by atoms with Crippen molar-refractivity contribution >= 4 is 33.0 Å². The third kappa shape index (κ3) is 6.54. The molecular formula is C30H32F3N3O7S. The molecule has 2 heterocycles. The number of hydrogen-bond acceptors (Lipinski definition) is 8. The molecule has 1 aromatic heterocycles. The fourth-order valence-electron chi connectivity index (χ4n) is 4.95. The minimum Gasteiger partial charge on any atom is -0.491 e. The van der Waals surface area contributed by atoms with Gasteiger partial charge in [0.2, 0.25) is 0 Å². The lowest BCUT2D eigenvalue weighted by molar-refractivity contribution is -0.0500. The minimum absolute atomic E-state index is 0.171. The first-order chi connectivity index (χ1) is 20.5. The number of amides is 2. The van der Waals surface area contributed by atoms with E-state index >= 15 is 0 Å². The number of aromatic nitrogens is 1. The first kappa shape index (κ1) is 31.4. The van der Waals surface area contributed by atoms with Crippen LogP contribution in [0.1, 0.15) is 61.5 Å². The maximum absolute atomic E-state index is 13.6. The molecule has 2 fully saturated rings. The molecule has 2 aromatic carbocycles. The molecule has 1 atom stereocenters. The van der Waals surface area contributed by atoms with Crippen LogP contribution in [0.15, 0.2) is 48.7 Å². The Balaban J connectivity index is 1.34. The van der Waals surface area contributed by atoms with E-state index < -0.39 is 44.5 Å². The molecule has 0 unspecified atom stereocenters. The van der Waals surface area contributed by atoms with E-state index in [0.717, 1.165) is 12.5 Å². The third-order valence-corrected chi connectivity index (χ3v) is 8.45. The number of pyridine rings is 1. The summed E-state index contributed by atoms with van der Waals surface area (Å²) in [7, 11) is -5.92. The van der Waals surface area contributed by atoms with Crippen molar-refractivity contribution in [2.75, 3.05) is 13.2 Å². The first-order valence-electron chi connectivity index (χ1n) is 13.9. The van der Waals surface area contributed by atoms with Crippen LogP contribution in [0.25, 0.3) is 10.9 Å². The van der Waals surface area contributed by atoms with E-state index in [0.29, 0.717) is 47.2 Å². The number of hydrogen-bond donors (Lipinski definition) is 1. The summed E-state index contributed by atoms with van der Waals surface area (Å²) in [6.07, 6.45) is 2.66. The summed E-state index contributed by atoms with van der Waals surface area (Å²) in [4.78, 5) is 31.8. The van der Waals surface area contributed by atoms with Crippen molar-refractivity contribution in [2.24, 2.45) is 0 Å². The zero-order chi connectivity index (χ0) is 32.1. The zero-order valence-electron chi connectivity index (χ0n) is 24.5. The van der Waals surface area contributed by atoms with E-state index in [4.69, 9.17) is 9.47 Å². The fourth-order valence-corrected chi connectivity index (χ4v) is 5.39. The van der Waals surface area contributed by atoms with Crippen LogP contribution in [0.2, 0.25) is 0 Å². The van der Waals surface area contributed by atoms with Crippen LogP contribution in [0, 0.1) is 6.92 Å². The van der Waals surface area contributed by atoms with Gasteiger partial charge in [0, 0.05) is 29.8 Å². The number of benzene rings is 2. The number of likely N-dealkylation sites (tertiary alicyclic amines) is 1. The number of carbonyl (C=O) groups is 2. The largest absolute Gasteiger partial charge is 0.534 e. The van der Waals surface area contributed by atoms with E-state index in [1.165, 1.54) is 12.3 Å². The lowest BCUT2D eigenvalue weighted by Gasteiger charge is -2.41. The van der Waals surface area contributed by atoms with Crippen LogP contribution in [-0.2, 0) is 20.4 Å². The molecule has 1 saturated carbocycles. The van der Waals surface area contributed by atoms with Gasteiger partial charge in [-0.15, -0.1) is 0 Å². The Morgan fingerprint density at radius 2 is 1.82 bits per heavy atom. The molecule has 1 aliphatic heterocycles. The summed E-state index contributed by atoms with van der Waals surface area (Å²) >= 11 is 0. The number of fused-ring (bicyclic) bond motifs is 1. The van der Waals surface area contributed by atoms with E-state index in [9.17, 15) is 31.2 Å². The van der Waals surface area contributed by atoms with Crippen molar-refractivity contribution in [1.29, 1.82) is 0 Å². The van der Waals surface area contributed by atoms with Gasteiger partial charge in [-0.1, -0.05) is 12.1 Å². The molecule has 5 rings (SSSR count). The van der Waals surface area contributed by atoms with Crippen LogP contribution in [0.4, 0.5) is 18.0 Å². The molecule has 1 aliphatic carbocycles. The van der Waals surface area contributed by atoms with E-state index in [2.05, 4.69) is 14.5 Å². The predicted molar refractivity (Wildman–Crippen MR) is 154 cm³/mol. The summed E-state index contributed by atoms with van der Waals surface area (Å²) in [6, 6.07) is 10.5. The van der Waals surface area contributed by atoms with Gasteiger partial charge >= 0.3 is 21.7 Å². The Labute approximate surface area is 252 Å². The minimum atomic E-state index is -5.92. The van der Waals surface area contributed by atoms with Gasteiger partial charge in [0.05, 0.1) is 17.1 Å². The molecule has 3 aromatic rings. The van der Waals surface area contributed by atoms with Gasteiger partial charge in [0.25, 0.3) is 5.91 Å².